The molecule has 0 radical (unpaired) electrons. The van der Waals surface area contributed by atoms with Crippen molar-refractivity contribution in [1.29, 1.82) is 0 Å². The lowest BCUT2D eigenvalue weighted by atomic mass is 9.69. The molecule has 3 nitrogen and oxygen atoms in total. The summed E-state index contributed by atoms with van der Waals surface area (Å²) in [6, 6.07) is 0. The van der Waals surface area contributed by atoms with Crippen LogP contribution in [0.15, 0.2) is 0 Å². The topological polar surface area (TPSA) is 34.1 Å². The first-order chi connectivity index (χ1) is 8.07. The van der Waals surface area contributed by atoms with Gasteiger partial charge in [-0.3, -0.25) is 0 Å². The molecule has 1 heterocycles. The lowest BCUT2D eigenvalue weighted by molar-refractivity contribution is 0.0981. The Morgan fingerprint density at radius 3 is 2.65 bits per heavy atom. The smallest absolute Gasteiger partial charge is 0.113 e. The summed E-state index contributed by atoms with van der Waals surface area (Å²) < 4.78 is 5.12. The number of hydrogen-bond acceptors (Lipinski definition) is 4. The van der Waals surface area contributed by atoms with E-state index in [0.29, 0.717) is 0 Å². The maximum Gasteiger partial charge on any atom is 0.113 e. The summed E-state index contributed by atoms with van der Waals surface area (Å²) in [6.45, 7) is 8.23. The zero-order chi connectivity index (χ0) is 12.5. The zero-order valence-corrected chi connectivity index (χ0v) is 12.0. The molecule has 17 heavy (non-hydrogen) atoms. The van der Waals surface area contributed by atoms with Crippen LogP contribution in [0.1, 0.15) is 35.3 Å². The highest BCUT2D eigenvalue weighted by Gasteiger charge is 2.45. The number of aryl methyl sites for hydroxylation is 2. The van der Waals surface area contributed by atoms with Crippen molar-refractivity contribution in [3.05, 3.63) is 15.6 Å². The fourth-order valence-electron chi connectivity index (χ4n) is 2.59. The molecule has 1 aromatic rings. The van der Waals surface area contributed by atoms with E-state index >= 15 is 0 Å². The highest BCUT2D eigenvalue weighted by molar-refractivity contribution is 7.11. The van der Waals surface area contributed by atoms with Gasteiger partial charge in [0.25, 0.3) is 0 Å². The molecule has 4 heteroatoms. The third-order valence-corrected chi connectivity index (χ3v) is 4.88. The molecule has 1 aliphatic carbocycles. The Balaban J connectivity index is 2.11. The van der Waals surface area contributed by atoms with Crippen molar-refractivity contribution in [2.75, 3.05) is 20.3 Å². The van der Waals surface area contributed by atoms with E-state index in [1.807, 2.05) is 11.3 Å². The fourth-order valence-corrected chi connectivity index (χ4v) is 3.69. The largest absolute Gasteiger partial charge is 0.383 e. The molecule has 1 aliphatic rings. The minimum absolute atomic E-state index is 0.127. The van der Waals surface area contributed by atoms with Crippen LogP contribution in [0.25, 0.3) is 0 Å². The number of nitrogens with one attached hydrogen (secondary N) is 1. The van der Waals surface area contributed by atoms with Gasteiger partial charge in [-0.15, -0.1) is 11.3 Å². The Kier molecular flexibility index (Phi) is 3.85. The van der Waals surface area contributed by atoms with Crippen molar-refractivity contribution in [1.82, 2.24) is 10.3 Å². The second-order valence-electron chi connectivity index (χ2n) is 5.18. The lowest BCUT2D eigenvalue weighted by Crippen LogP contribution is -2.52. The van der Waals surface area contributed by atoms with Crippen molar-refractivity contribution in [2.45, 2.75) is 39.2 Å². The van der Waals surface area contributed by atoms with E-state index in [9.17, 15) is 0 Å². The van der Waals surface area contributed by atoms with Gasteiger partial charge < -0.3 is 10.1 Å². The van der Waals surface area contributed by atoms with Crippen molar-refractivity contribution in [3.8, 4) is 0 Å². The Morgan fingerprint density at radius 2 is 2.18 bits per heavy atom. The number of thiazole rings is 1. The van der Waals surface area contributed by atoms with E-state index in [-0.39, 0.29) is 5.54 Å². The van der Waals surface area contributed by atoms with E-state index in [1.54, 1.807) is 7.11 Å². The highest BCUT2D eigenvalue weighted by atomic mass is 32.1. The van der Waals surface area contributed by atoms with Gasteiger partial charge in [-0.1, -0.05) is 6.92 Å². The van der Waals surface area contributed by atoms with Gasteiger partial charge in [0.05, 0.1) is 17.8 Å². The number of ether oxygens (including phenoxy) is 1. The molecule has 0 unspecified atom stereocenters. The van der Waals surface area contributed by atoms with Crippen LogP contribution in [0.2, 0.25) is 0 Å². The van der Waals surface area contributed by atoms with Gasteiger partial charge in [-0.05, 0) is 32.6 Å². The summed E-state index contributed by atoms with van der Waals surface area (Å²) in [5.74, 6) is 0.801. The molecule has 0 amide bonds. The standard InChI is InChI=1S/C13H22N2OS/c1-9-7-13(8-9,14-5-6-16-4)12-15-10(2)11(3)17-12/h9,14H,5-8H2,1-4H3. The van der Waals surface area contributed by atoms with Crippen LogP contribution >= 0.6 is 11.3 Å². The number of aromatic nitrogens is 1. The van der Waals surface area contributed by atoms with Gasteiger partial charge in [-0.25, -0.2) is 4.98 Å². The molecule has 0 atom stereocenters. The second kappa shape index (κ2) is 5.04. The normalized spacial score (nSPS) is 28.1. The molecule has 0 saturated heterocycles. The minimum Gasteiger partial charge on any atom is -0.383 e. The van der Waals surface area contributed by atoms with E-state index < -0.39 is 0 Å². The van der Waals surface area contributed by atoms with Crippen LogP contribution in [0.4, 0.5) is 0 Å². The molecule has 2 rings (SSSR count). The molecular formula is C13H22N2OS. The van der Waals surface area contributed by atoms with Gasteiger partial charge in [0.15, 0.2) is 0 Å². The Bertz CT molecular complexity index is 363. The summed E-state index contributed by atoms with van der Waals surface area (Å²) in [5, 5.41) is 4.91. The molecule has 0 aliphatic heterocycles. The van der Waals surface area contributed by atoms with E-state index in [1.165, 1.54) is 28.4 Å². The minimum atomic E-state index is 0.127. The third-order valence-electron chi connectivity index (χ3n) is 3.60. The Labute approximate surface area is 108 Å². The van der Waals surface area contributed by atoms with Gasteiger partial charge in [0.2, 0.25) is 0 Å². The van der Waals surface area contributed by atoms with Gasteiger partial charge in [0, 0.05) is 18.5 Å². The summed E-state index contributed by atoms with van der Waals surface area (Å²) in [6.07, 6.45) is 2.40. The second-order valence-corrected chi connectivity index (χ2v) is 6.38. The van der Waals surface area contributed by atoms with Crippen LogP contribution in [-0.4, -0.2) is 25.2 Å². The zero-order valence-electron chi connectivity index (χ0n) is 11.2. The van der Waals surface area contributed by atoms with Crippen LogP contribution in [0, 0.1) is 19.8 Å². The summed E-state index contributed by atoms with van der Waals surface area (Å²) >= 11 is 1.84. The quantitative estimate of drug-likeness (QED) is 0.820. The Hall–Kier alpha value is -0.450. The van der Waals surface area contributed by atoms with E-state index in [4.69, 9.17) is 9.72 Å². The average Bonchev–Trinajstić information content (AvgIpc) is 2.57. The number of rotatable bonds is 5. The SMILES string of the molecule is COCCNC1(c2nc(C)c(C)s2)CC(C)C1. The van der Waals surface area contributed by atoms with Crippen LogP contribution in [0.5, 0.6) is 0 Å². The van der Waals surface area contributed by atoms with Crippen LogP contribution in [-0.2, 0) is 10.3 Å². The molecule has 1 N–H and O–H groups in total. The fraction of sp³-hybridized carbons (Fsp3) is 0.769. The highest BCUT2D eigenvalue weighted by Crippen LogP contribution is 2.46. The molecule has 0 spiro atoms. The number of nitrogens with zero attached hydrogens (tertiary/aromatic N) is 1. The molecule has 96 valence electrons. The first-order valence-corrected chi connectivity index (χ1v) is 7.07. The molecule has 1 fully saturated rings. The average molecular weight is 254 g/mol. The lowest BCUT2D eigenvalue weighted by Gasteiger charge is -2.46. The van der Waals surface area contributed by atoms with Gasteiger partial charge >= 0.3 is 0 Å². The van der Waals surface area contributed by atoms with Gasteiger partial charge in [-0.2, -0.15) is 0 Å². The van der Waals surface area contributed by atoms with E-state index in [0.717, 1.165) is 19.1 Å². The number of hydrogen-bond donors (Lipinski definition) is 1. The predicted molar refractivity (Wildman–Crippen MR) is 71.5 cm³/mol. The van der Waals surface area contributed by atoms with Crippen LogP contribution < -0.4 is 5.32 Å². The summed E-state index contributed by atoms with van der Waals surface area (Å²) in [4.78, 5) is 6.07. The first kappa shape index (κ1) is 13.0. The summed E-state index contributed by atoms with van der Waals surface area (Å²) in [5.41, 5.74) is 1.30. The van der Waals surface area contributed by atoms with Crippen molar-refractivity contribution < 1.29 is 4.74 Å². The predicted octanol–water partition coefficient (Wildman–Crippen LogP) is 2.62. The molecular weight excluding hydrogens is 232 g/mol. The van der Waals surface area contributed by atoms with Crippen molar-refractivity contribution in [2.24, 2.45) is 5.92 Å². The monoisotopic (exact) mass is 254 g/mol. The van der Waals surface area contributed by atoms with Gasteiger partial charge in [0.1, 0.15) is 5.01 Å². The summed E-state index contributed by atoms with van der Waals surface area (Å²) in [7, 11) is 1.75. The molecule has 0 bridgehead atoms. The van der Waals surface area contributed by atoms with E-state index in [2.05, 4.69) is 26.1 Å². The molecule has 0 aromatic carbocycles. The Morgan fingerprint density at radius 1 is 1.47 bits per heavy atom. The first-order valence-electron chi connectivity index (χ1n) is 6.26. The maximum absolute atomic E-state index is 5.12. The third kappa shape index (κ3) is 2.54. The molecule has 1 saturated carbocycles. The number of methoxy groups -OCH3 is 1. The maximum atomic E-state index is 5.12. The van der Waals surface area contributed by atoms with Crippen molar-refractivity contribution >= 4 is 11.3 Å². The molecule has 1 aromatic heterocycles. The van der Waals surface area contributed by atoms with Crippen LogP contribution in [0.3, 0.4) is 0 Å². The van der Waals surface area contributed by atoms with Crippen molar-refractivity contribution in [3.63, 3.8) is 0 Å².